The van der Waals surface area contributed by atoms with Crippen LogP contribution in [-0.4, -0.2) is 5.91 Å². The maximum Gasteiger partial charge on any atom is 0.230 e. The van der Waals surface area contributed by atoms with E-state index in [2.05, 4.69) is 5.32 Å². The van der Waals surface area contributed by atoms with E-state index >= 15 is 0 Å². The molecule has 3 aromatic rings. The highest BCUT2D eigenvalue weighted by Gasteiger charge is 2.27. The second-order valence-electron chi connectivity index (χ2n) is 6.94. The zero-order chi connectivity index (χ0) is 18.4. The molecule has 0 atom stereocenters. The third-order valence-corrected chi connectivity index (χ3v) is 4.19. The average molecular weight is 345 g/mol. The van der Waals surface area contributed by atoms with E-state index in [-0.39, 0.29) is 5.91 Å². The number of para-hydroxylation sites is 1. The van der Waals surface area contributed by atoms with Crippen LogP contribution in [0.25, 0.3) is 0 Å². The summed E-state index contributed by atoms with van der Waals surface area (Å²) in [6, 6.07) is 27.1. The fourth-order valence-electron chi connectivity index (χ4n) is 2.72. The molecule has 0 spiro atoms. The number of hydrogen-bond acceptors (Lipinski definition) is 2. The van der Waals surface area contributed by atoms with Crippen LogP contribution in [0.15, 0.2) is 84.9 Å². The molecule has 0 aromatic heterocycles. The van der Waals surface area contributed by atoms with Gasteiger partial charge in [-0.25, -0.2) is 0 Å². The third-order valence-electron chi connectivity index (χ3n) is 4.19. The molecule has 0 bridgehead atoms. The van der Waals surface area contributed by atoms with E-state index < -0.39 is 5.41 Å². The second kappa shape index (κ2) is 7.87. The highest BCUT2D eigenvalue weighted by molar-refractivity contribution is 5.95. The molecule has 0 saturated heterocycles. The van der Waals surface area contributed by atoms with Crippen LogP contribution in [0.5, 0.6) is 11.5 Å². The standard InChI is InChI=1S/C23H23NO2/c1-23(2,17-18-9-5-3-6-10-18)22(25)24-19-13-15-21(16-14-19)26-20-11-7-4-8-12-20/h3-16H,17H2,1-2H3,(H,24,25). The summed E-state index contributed by atoms with van der Waals surface area (Å²) in [7, 11) is 0. The summed E-state index contributed by atoms with van der Waals surface area (Å²) in [6.07, 6.45) is 0.689. The quantitative estimate of drug-likeness (QED) is 0.623. The van der Waals surface area contributed by atoms with E-state index in [1.807, 2.05) is 98.8 Å². The Bertz CT molecular complexity index is 840. The van der Waals surface area contributed by atoms with Gasteiger partial charge < -0.3 is 10.1 Å². The summed E-state index contributed by atoms with van der Waals surface area (Å²) in [5.74, 6) is 1.52. The van der Waals surface area contributed by atoms with E-state index in [0.717, 1.165) is 22.7 Å². The fraction of sp³-hybridized carbons (Fsp3) is 0.174. The molecule has 0 saturated carbocycles. The van der Waals surface area contributed by atoms with Gasteiger partial charge in [0, 0.05) is 11.1 Å². The lowest BCUT2D eigenvalue weighted by atomic mass is 9.84. The SMILES string of the molecule is CC(C)(Cc1ccccc1)C(=O)Nc1ccc(Oc2ccccc2)cc1. The van der Waals surface area contributed by atoms with Crippen LogP contribution in [0.2, 0.25) is 0 Å². The lowest BCUT2D eigenvalue weighted by molar-refractivity contribution is -0.123. The van der Waals surface area contributed by atoms with E-state index in [4.69, 9.17) is 4.74 Å². The number of hydrogen-bond donors (Lipinski definition) is 1. The Labute approximate surface area is 154 Å². The van der Waals surface area contributed by atoms with Crippen LogP contribution in [0.4, 0.5) is 5.69 Å². The van der Waals surface area contributed by atoms with E-state index in [1.54, 1.807) is 0 Å². The number of nitrogens with one attached hydrogen (secondary N) is 1. The molecule has 0 fully saturated rings. The number of amides is 1. The van der Waals surface area contributed by atoms with Crippen LogP contribution in [0.3, 0.4) is 0 Å². The van der Waals surface area contributed by atoms with Crippen LogP contribution < -0.4 is 10.1 Å². The molecule has 0 radical (unpaired) electrons. The zero-order valence-electron chi connectivity index (χ0n) is 15.1. The number of carbonyl (C=O) groups is 1. The van der Waals surface area contributed by atoms with Crippen LogP contribution in [0, 0.1) is 5.41 Å². The molecule has 0 aliphatic heterocycles. The number of anilines is 1. The van der Waals surface area contributed by atoms with Gasteiger partial charge in [-0.2, -0.15) is 0 Å². The summed E-state index contributed by atoms with van der Waals surface area (Å²) >= 11 is 0. The molecule has 26 heavy (non-hydrogen) atoms. The number of rotatable bonds is 6. The van der Waals surface area contributed by atoms with E-state index in [0.29, 0.717) is 6.42 Å². The molecule has 132 valence electrons. The van der Waals surface area contributed by atoms with Gasteiger partial charge in [0.05, 0.1) is 0 Å². The first-order valence-corrected chi connectivity index (χ1v) is 8.71. The first kappa shape index (κ1) is 17.7. The Morgan fingerprint density at radius 3 is 1.96 bits per heavy atom. The molecule has 0 heterocycles. The number of carbonyl (C=O) groups excluding carboxylic acids is 1. The van der Waals surface area contributed by atoms with Crippen LogP contribution in [0.1, 0.15) is 19.4 Å². The van der Waals surface area contributed by atoms with Crippen molar-refractivity contribution in [2.45, 2.75) is 20.3 Å². The van der Waals surface area contributed by atoms with Gasteiger partial charge in [0.2, 0.25) is 5.91 Å². The summed E-state index contributed by atoms with van der Waals surface area (Å²) in [5.41, 5.74) is 1.41. The molecule has 1 amide bonds. The fourth-order valence-corrected chi connectivity index (χ4v) is 2.72. The minimum Gasteiger partial charge on any atom is -0.457 e. The molecule has 1 N–H and O–H groups in total. The van der Waals surface area contributed by atoms with Crippen molar-refractivity contribution >= 4 is 11.6 Å². The Morgan fingerprint density at radius 1 is 0.808 bits per heavy atom. The smallest absolute Gasteiger partial charge is 0.230 e. The normalized spacial score (nSPS) is 11.0. The van der Waals surface area contributed by atoms with Crippen molar-refractivity contribution in [3.63, 3.8) is 0 Å². The van der Waals surface area contributed by atoms with Crippen molar-refractivity contribution in [1.29, 1.82) is 0 Å². The maximum atomic E-state index is 12.7. The molecule has 3 nitrogen and oxygen atoms in total. The van der Waals surface area contributed by atoms with Gasteiger partial charge in [-0.3, -0.25) is 4.79 Å². The molecule has 0 unspecified atom stereocenters. The van der Waals surface area contributed by atoms with Gasteiger partial charge in [0.25, 0.3) is 0 Å². The summed E-state index contributed by atoms with van der Waals surface area (Å²) in [4.78, 5) is 12.7. The Hall–Kier alpha value is -3.07. The minimum absolute atomic E-state index is 0.00178. The largest absolute Gasteiger partial charge is 0.457 e. The third kappa shape index (κ3) is 4.73. The molecule has 3 heteroatoms. The van der Waals surface area contributed by atoms with Crippen LogP contribution in [-0.2, 0) is 11.2 Å². The van der Waals surface area contributed by atoms with Crippen molar-refractivity contribution in [1.82, 2.24) is 0 Å². The van der Waals surface area contributed by atoms with Gasteiger partial charge in [-0.15, -0.1) is 0 Å². The summed E-state index contributed by atoms with van der Waals surface area (Å²) < 4.78 is 5.77. The second-order valence-corrected chi connectivity index (χ2v) is 6.94. The average Bonchev–Trinajstić information content (AvgIpc) is 2.64. The van der Waals surface area contributed by atoms with Crippen molar-refractivity contribution < 1.29 is 9.53 Å². The highest BCUT2D eigenvalue weighted by Crippen LogP contribution is 2.26. The topological polar surface area (TPSA) is 38.3 Å². The van der Waals surface area contributed by atoms with Crippen molar-refractivity contribution in [2.24, 2.45) is 5.41 Å². The molecular formula is C23H23NO2. The number of benzene rings is 3. The van der Waals surface area contributed by atoms with E-state index in [9.17, 15) is 4.79 Å². The van der Waals surface area contributed by atoms with Crippen molar-refractivity contribution in [3.05, 3.63) is 90.5 Å². The predicted octanol–water partition coefficient (Wildman–Crippen LogP) is 5.69. The molecular weight excluding hydrogens is 322 g/mol. The van der Waals surface area contributed by atoms with Gasteiger partial charge in [-0.1, -0.05) is 62.4 Å². The Balaban J connectivity index is 1.62. The Morgan fingerprint density at radius 2 is 1.35 bits per heavy atom. The molecule has 0 aliphatic carbocycles. The zero-order valence-corrected chi connectivity index (χ0v) is 15.1. The summed E-state index contributed by atoms with van der Waals surface area (Å²) in [6.45, 7) is 3.92. The number of ether oxygens (including phenoxy) is 1. The highest BCUT2D eigenvalue weighted by atomic mass is 16.5. The van der Waals surface area contributed by atoms with Gasteiger partial charge in [-0.05, 0) is 48.4 Å². The van der Waals surface area contributed by atoms with Crippen LogP contribution >= 0.6 is 0 Å². The Kier molecular flexibility index (Phi) is 5.37. The van der Waals surface area contributed by atoms with Crippen molar-refractivity contribution in [2.75, 3.05) is 5.32 Å². The molecule has 3 aromatic carbocycles. The van der Waals surface area contributed by atoms with E-state index in [1.165, 1.54) is 0 Å². The lowest BCUT2D eigenvalue weighted by Gasteiger charge is -2.23. The lowest BCUT2D eigenvalue weighted by Crippen LogP contribution is -2.32. The predicted molar refractivity (Wildman–Crippen MR) is 106 cm³/mol. The maximum absolute atomic E-state index is 12.7. The molecule has 3 rings (SSSR count). The molecule has 0 aliphatic rings. The first-order valence-electron chi connectivity index (χ1n) is 8.71. The van der Waals surface area contributed by atoms with Gasteiger partial charge >= 0.3 is 0 Å². The first-order chi connectivity index (χ1) is 12.5. The van der Waals surface area contributed by atoms with Gasteiger partial charge in [0.15, 0.2) is 0 Å². The monoisotopic (exact) mass is 345 g/mol. The summed E-state index contributed by atoms with van der Waals surface area (Å²) in [5, 5.41) is 3.00. The van der Waals surface area contributed by atoms with Gasteiger partial charge in [0.1, 0.15) is 11.5 Å². The minimum atomic E-state index is -0.499. The van der Waals surface area contributed by atoms with Crippen molar-refractivity contribution in [3.8, 4) is 11.5 Å².